The van der Waals surface area contributed by atoms with E-state index in [1.54, 1.807) is 7.11 Å². The molecule has 0 saturated carbocycles. The first-order valence-corrected chi connectivity index (χ1v) is 12.5. The molecule has 1 aliphatic heterocycles. The molecule has 1 aliphatic rings. The van der Waals surface area contributed by atoms with Crippen LogP contribution in [-0.2, 0) is 13.0 Å². The van der Waals surface area contributed by atoms with Crippen molar-refractivity contribution in [2.24, 2.45) is 0 Å². The number of para-hydroxylation sites is 2. The van der Waals surface area contributed by atoms with E-state index in [4.69, 9.17) is 9.72 Å². The van der Waals surface area contributed by atoms with Crippen molar-refractivity contribution in [1.82, 2.24) is 14.5 Å². The number of hydrogen-bond acceptors (Lipinski definition) is 6. The van der Waals surface area contributed by atoms with Gasteiger partial charge in [-0.3, -0.25) is 10.1 Å². The van der Waals surface area contributed by atoms with Crippen LogP contribution in [0.25, 0.3) is 11.0 Å². The number of nitrogens with one attached hydrogen (secondary N) is 1. The van der Waals surface area contributed by atoms with Crippen molar-refractivity contribution in [1.29, 1.82) is 0 Å². The largest absolute Gasteiger partial charge is 0.497 e. The summed E-state index contributed by atoms with van der Waals surface area (Å²) in [5.74, 6) is 0.926. The van der Waals surface area contributed by atoms with E-state index in [2.05, 4.69) is 22.3 Å². The Bertz CT molecular complexity index is 1380. The van der Waals surface area contributed by atoms with Crippen molar-refractivity contribution in [3.8, 4) is 5.75 Å². The second kappa shape index (κ2) is 11.0. The second-order valence-electron chi connectivity index (χ2n) is 9.40. The zero-order valence-electron chi connectivity index (χ0n) is 20.8. The lowest BCUT2D eigenvalue weighted by atomic mass is 10.0. The number of ether oxygens (including phenoxy) is 1. The number of methoxy groups -OCH3 is 1. The molecule has 1 fully saturated rings. The van der Waals surface area contributed by atoms with E-state index in [1.807, 2.05) is 41.0 Å². The van der Waals surface area contributed by atoms with Gasteiger partial charge in [0.2, 0.25) is 5.95 Å². The van der Waals surface area contributed by atoms with Crippen LogP contribution in [0.1, 0.15) is 24.0 Å². The first kappa shape index (κ1) is 24.7. The average molecular weight is 504 g/mol. The van der Waals surface area contributed by atoms with Gasteiger partial charge in [0.25, 0.3) is 5.69 Å². The third kappa shape index (κ3) is 5.72. The van der Waals surface area contributed by atoms with Crippen LogP contribution in [0, 0.1) is 15.9 Å². The summed E-state index contributed by atoms with van der Waals surface area (Å²) in [4.78, 5) is 18.3. The summed E-state index contributed by atoms with van der Waals surface area (Å²) in [5, 5.41) is 15.2. The summed E-state index contributed by atoms with van der Waals surface area (Å²) in [6.07, 6.45) is 2.94. The zero-order valence-corrected chi connectivity index (χ0v) is 20.8. The molecule has 37 heavy (non-hydrogen) atoms. The second-order valence-corrected chi connectivity index (χ2v) is 9.40. The molecule has 1 aromatic heterocycles. The van der Waals surface area contributed by atoms with Crippen molar-refractivity contribution in [3.63, 3.8) is 0 Å². The van der Waals surface area contributed by atoms with Crippen molar-refractivity contribution < 1.29 is 14.1 Å². The molecule has 0 spiro atoms. The minimum absolute atomic E-state index is 0.222. The Morgan fingerprint density at radius 2 is 1.86 bits per heavy atom. The Hall–Kier alpha value is -3.98. The molecule has 0 radical (unpaired) electrons. The molecule has 1 N–H and O–H groups in total. The molecule has 5 rings (SSSR count). The highest BCUT2D eigenvalue weighted by Crippen LogP contribution is 2.27. The van der Waals surface area contributed by atoms with Gasteiger partial charge in [-0.05, 0) is 61.2 Å². The number of benzene rings is 3. The molecule has 0 unspecified atom stereocenters. The third-order valence-corrected chi connectivity index (χ3v) is 7.02. The Morgan fingerprint density at radius 3 is 2.59 bits per heavy atom. The number of anilines is 1. The maximum Gasteiger partial charge on any atom is 0.277 e. The van der Waals surface area contributed by atoms with E-state index in [0.717, 1.165) is 61.7 Å². The van der Waals surface area contributed by atoms with Gasteiger partial charge in [0.1, 0.15) is 11.6 Å². The number of halogens is 1. The molecule has 2 heterocycles. The number of nitro benzene ring substituents is 1. The van der Waals surface area contributed by atoms with E-state index in [1.165, 1.54) is 17.7 Å². The first-order chi connectivity index (χ1) is 18.0. The number of likely N-dealkylation sites (tertiary alicyclic amines) is 1. The number of aromatic nitrogens is 2. The Labute approximate surface area is 214 Å². The van der Waals surface area contributed by atoms with E-state index >= 15 is 0 Å². The lowest BCUT2D eigenvalue weighted by Crippen LogP contribution is -2.40. The Balaban J connectivity index is 1.26. The lowest BCUT2D eigenvalue weighted by Gasteiger charge is -2.32. The molecule has 192 valence electrons. The predicted octanol–water partition coefficient (Wildman–Crippen LogP) is 5.26. The fraction of sp³-hybridized carbons (Fsp3) is 0.321. The number of piperidine rings is 1. The summed E-state index contributed by atoms with van der Waals surface area (Å²) in [6, 6.07) is 19.9. The number of hydrogen-bond donors (Lipinski definition) is 1. The van der Waals surface area contributed by atoms with E-state index < -0.39 is 10.7 Å². The Morgan fingerprint density at radius 1 is 1.11 bits per heavy atom. The fourth-order valence-corrected chi connectivity index (χ4v) is 4.92. The summed E-state index contributed by atoms with van der Waals surface area (Å²) in [6.45, 7) is 3.20. The van der Waals surface area contributed by atoms with Crippen LogP contribution in [0.15, 0.2) is 66.7 Å². The van der Waals surface area contributed by atoms with Crippen molar-refractivity contribution in [2.75, 3.05) is 32.1 Å². The SMILES string of the molecule is COc1ccc(CCN2CCC(Nc3nc4ccccc4n3Cc3ccc(F)cc3[N+](=O)[O-])CC2)cc1. The van der Waals surface area contributed by atoms with E-state index in [0.29, 0.717) is 11.5 Å². The normalized spacial score (nSPS) is 14.6. The van der Waals surface area contributed by atoms with Gasteiger partial charge in [0, 0.05) is 31.2 Å². The summed E-state index contributed by atoms with van der Waals surface area (Å²) in [7, 11) is 1.68. The van der Waals surface area contributed by atoms with Crippen LogP contribution < -0.4 is 10.1 Å². The van der Waals surface area contributed by atoms with Gasteiger partial charge in [0.15, 0.2) is 0 Å². The standard InChI is InChI=1S/C28H30FN5O3/c1-37-24-10-6-20(7-11-24)12-15-32-16-13-23(14-17-32)30-28-31-25-4-2-3-5-26(25)33(28)19-21-8-9-22(29)18-27(21)34(35)36/h2-11,18,23H,12-17,19H2,1H3,(H,30,31). The van der Waals surface area contributed by atoms with Crippen molar-refractivity contribution >= 4 is 22.7 Å². The fourth-order valence-electron chi connectivity index (χ4n) is 4.92. The van der Waals surface area contributed by atoms with Gasteiger partial charge in [-0.15, -0.1) is 0 Å². The monoisotopic (exact) mass is 503 g/mol. The van der Waals surface area contributed by atoms with Gasteiger partial charge in [0.05, 0.1) is 35.7 Å². The highest BCUT2D eigenvalue weighted by molar-refractivity contribution is 5.79. The van der Waals surface area contributed by atoms with Crippen LogP contribution in [0.2, 0.25) is 0 Å². The molecular weight excluding hydrogens is 473 g/mol. The molecule has 0 aliphatic carbocycles. The predicted molar refractivity (Wildman–Crippen MR) is 142 cm³/mol. The van der Waals surface area contributed by atoms with E-state index in [-0.39, 0.29) is 18.3 Å². The maximum absolute atomic E-state index is 13.7. The van der Waals surface area contributed by atoms with Crippen molar-refractivity contribution in [3.05, 3.63) is 93.8 Å². The van der Waals surface area contributed by atoms with Gasteiger partial charge >= 0.3 is 0 Å². The molecule has 9 heteroatoms. The maximum atomic E-state index is 13.7. The quantitative estimate of drug-likeness (QED) is 0.248. The molecular formula is C28H30FN5O3. The Kier molecular flexibility index (Phi) is 7.32. The molecule has 3 aromatic carbocycles. The highest BCUT2D eigenvalue weighted by Gasteiger charge is 2.23. The van der Waals surface area contributed by atoms with Gasteiger partial charge < -0.3 is 19.5 Å². The van der Waals surface area contributed by atoms with Crippen LogP contribution in [0.5, 0.6) is 5.75 Å². The molecule has 0 bridgehead atoms. The third-order valence-electron chi connectivity index (χ3n) is 7.02. The number of nitrogens with zero attached hydrogens (tertiary/aromatic N) is 4. The summed E-state index contributed by atoms with van der Waals surface area (Å²) in [5.41, 5.74) is 3.19. The molecule has 1 saturated heterocycles. The van der Waals surface area contributed by atoms with Gasteiger partial charge in [-0.1, -0.05) is 24.3 Å². The number of rotatable bonds is 9. The first-order valence-electron chi connectivity index (χ1n) is 12.5. The topological polar surface area (TPSA) is 85.5 Å². The minimum Gasteiger partial charge on any atom is -0.497 e. The minimum atomic E-state index is -0.622. The summed E-state index contributed by atoms with van der Waals surface area (Å²) >= 11 is 0. The zero-order chi connectivity index (χ0) is 25.8. The summed E-state index contributed by atoms with van der Waals surface area (Å²) < 4.78 is 20.9. The number of imidazole rings is 1. The van der Waals surface area contributed by atoms with Crippen LogP contribution in [0.4, 0.5) is 16.0 Å². The number of nitro groups is 1. The number of fused-ring (bicyclic) bond motifs is 1. The molecule has 0 atom stereocenters. The lowest BCUT2D eigenvalue weighted by molar-refractivity contribution is -0.385. The average Bonchev–Trinajstić information content (AvgIpc) is 3.26. The van der Waals surface area contributed by atoms with Crippen LogP contribution in [-0.4, -0.2) is 52.2 Å². The van der Waals surface area contributed by atoms with Gasteiger partial charge in [-0.2, -0.15) is 0 Å². The van der Waals surface area contributed by atoms with Crippen molar-refractivity contribution in [2.45, 2.75) is 31.8 Å². The molecule has 8 nitrogen and oxygen atoms in total. The van der Waals surface area contributed by atoms with E-state index in [9.17, 15) is 14.5 Å². The highest BCUT2D eigenvalue weighted by atomic mass is 19.1. The van der Waals surface area contributed by atoms with Crippen LogP contribution >= 0.6 is 0 Å². The molecule has 0 amide bonds. The van der Waals surface area contributed by atoms with Crippen LogP contribution in [0.3, 0.4) is 0 Å². The van der Waals surface area contributed by atoms with Gasteiger partial charge in [-0.25, -0.2) is 9.37 Å². The smallest absolute Gasteiger partial charge is 0.277 e. The molecule has 4 aromatic rings.